The van der Waals surface area contributed by atoms with E-state index in [1.54, 1.807) is 5.56 Å². The van der Waals surface area contributed by atoms with Crippen molar-refractivity contribution in [2.45, 2.75) is 45.4 Å². The van der Waals surface area contributed by atoms with E-state index in [0.717, 1.165) is 18.4 Å². The van der Waals surface area contributed by atoms with E-state index < -0.39 is 0 Å². The van der Waals surface area contributed by atoms with Crippen molar-refractivity contribution in [2.75, 3.05) is 13.1 Å². The molecule has 0 heterocycles. The number of hydrogen-bond donors (Lipinski definition) is 1. The van der Waals surface area contributed by atoms with Gasteiger partial charge in [-0.25, -0.2) is 0 Å². The minimum Gasteiger partial charge on any atom is -0.317 e. The highest BCUT2D eigenvalue weighted by Crippen LogP contribution is 2.37. The van der Waals surface area contributed by atoms with Gasteiger partial charge in [-0.3, -0.25) is 0 Å². The fraction of sp³-hybridized carbons (Fsp3) is 0.625. The van der Waals surface area contributed by atoms with Crippen LogP contribution in [0.5, 0.6) is 0 Å². The molecule has 0 spiro atoms. The van der Waals surface area contributed by atoms with Crippen LogP contribution in [0.4, 0.5) is 0 Å². The third-order valence-corrected chi connectivity index (χ3v) is 4.04. The zero-order valence-corrected chi connectivity index (χ0v) is 11.2. The minimum atomic E-state index is 0.780. The first-order valence-electron chi connectivity index (χ1n) is 7.08. The van der Waals surface area contributed by atoms with Crippen LogP contribution >= 0.6 is 0 Å². The van der Waals surface area contributed by atoms with Gasteiger partial charge in [0.2, 0.25) is 0 Å². The predicted molar refractivity (Wildman–Crippen MR) is 74.4 cm³/mol. The Bertz CT molecular complexity index is 345. The summed E-state index contributed by atoms with van der Waals surface area (Å²) in [6.45, 7) is 6.68. The largest absolute Gasteiger partial charge is 0.317 e. The van der Waals surface area contributed by atoms with Gasteiger partial charge in [0.1, 0.15) is 0 Å². The second-order valence-corrected chi connectivity index (χ2v) is 5.37. The first-order valence-corrected chi connectivity index (χ1v) is 7.08. The van der Waals surface area contributed by atoms with Crippen molar-refractivity contribution in [3.63, 3.8) is 0 Å². The van der Waals surface area contributed by atoms with Crippen LogP contribution in [0.25, 0.3) is 0 Å². The average molecular weight is 231 g/mol. The molecule has 1 aliphatic carbocycles. The van der Waals surface area contributed by atoms with Crippen LogP contribution in [0.3, 0.4) is 0 Å². The summed E-state index contributed by atoms with van der Waals surface area (Å²) in [4.78, 5) is 0. The number of benzene rings is 1. The standard InChI is InChI=1S/C16H25N/c1-3-17-12-15-8-4-5-10-16(15)14-9-6-7-13(2)11-14/h6-7,9,11,15-17H,3-5,8,10,12H2,1-2H3. The van der Waals surface area contributed by atoms with Crippen molar-refractivity contribution in [1.82, 2.24) is 5.32 Å². The molecule has 0 saturated heterocycles. The molecule has 1 nitrogen and oxygen atoms in total. The van der Waals surface area contributed by atoms with E-state index >= 15 is 0 Å². The van der Waals surface area contributed by atoms with Crippen molar-refractivity contribution in [1.29, 1.82) is 0 Å². The third kappa shape index (κ3) is 3.32. The summed E-state index contributed by atoms with van der Waals surface area (Å²) in [5, 5.41) is 3.53. The number of hydrogen-bond acceptors (Lipinski definition) is 1. The minimum absolute atomic E-state index is 0.780. The molecule has 1 heteroatoms. The van der Waals surface area contributed by atoms with Gasteiger partial charge < -0.3 is 5.32 Å². The summed E-state index contributed by atoms with van der Waals surface area (Å²) in [7, 11) is 0. The van der Waals surface area contributed by atoms with Crippen molar-refractivity contribution < 1.29 is 0 Å². The maximum atomic E-state index is 3.53. The Morgan fingerprint density at radius 3 is 2.82 bits per heavy atom. The Morgan fingerprint density at radius 2 is 2.06 bits per heavy atom. The first kappa shape index (κ1) is 12.6. The lowest BCUT2D eigenvalue weighted by atomic mass is 9.75. The van der Waals surface area contributed by atoms with Gasteiger partial charge >= 0.3 is 0 Å². The molecule has 2 rings (SSSR count). The zero-order chi connectivity index (χ0) is 12.1. The van der Waals surface area contributed by atoms with Gasteiger partial charge in [0.15, 0.2) is 0 Å². The maximum absolute atomic E-state index is 3.53. The van der Waals surface area contributed by atoms with Crippen LogP contribution in [-0.4, -0.2) is 13.1 Å². The van der Waals surface area contributed by atoms with Crippen LogP contribution in [0.1, 0.15) is 49.7 Å². The van der Waals surface area contributed by atoms with Crippen LogP contribution < -0.4 is 5.32 Å². The van der Waals surface area contributed by atoms with E-state index in [4.69, 9.17) is 0 Å². The Hall–Kier alpha value is -0.820. The molecule has 2 atom stereocenters. The summed E-state index contributed by atoms with van der Waals surface area (Å²) in [5.74, 6) is 1.62. The molecule has 94 valence electrons. The second kappa shape index (κ2) is 6.20. The highest BCUT2D eigenvalue weighted by molar-refractivity contribution is 5.26. The lowest BCUT2D eigenvalue weighted by molar-refractivity contribution is 0.297. The number of nitrogens with one attached hydrogen (secondary N) is 1. The van der Waals surface area contributed by atoms with Crippen LogP contribution in [0, 0.1) is 12.8 Å². The Labute approximate surface area is 106 Å². The summed E-state index contributed by atoms with van der Waals surface area (Å²) < 4.78 is 0. The first-order chi connectivity index (χ1) is 8.31. The van der Waals surface area contributed by atoms with Gasteiger partial charge in [-0.2, -0.15) is 0 Å². The monoisotopic (exact) mass is 231 g/mol. The van der Waals surface area contributed by atoms with Crippen molar-refractivity contribution in [3.8, 4) is 0 Å². The Morgan fingerprint density at radius 1 is 1.24 bits per heavy atom. The quantitative estimate of drug-likeness (QED) is 0.829. The van der Waals surface area contributed by atoms with Crippen LogP contribution in [-0.2, 0) is 0 Å². The Balaban J connectivity index is 2.10. The van der Waals surface area contributed by atoms with E-state index in [0.29, 0.717) is 0 Å². The normalized spacial score (nSPS) is 24.8. The zero-order valence-electron chi connectivity index (χ0n) is 11.2. The summed E-state index contributed by atoms with van der Waals surface area (Å²) in [6.07, 6.45) is 5.59. The molecule has 1 fully saturated rings. The average Bonchev–Trinajstić information content (AvgIpc) is 2.37. The SMILES string of the molecule is CCNCC1CCCCC1c1cccc(C)c1. The molecular formula is C16H25N. The summed E-state index contributed by atoms with van der Waals surface area (Å²) in [5.41, 5.74) is 2.96. The number of aryl methyl sites for hydroxylation is 1. The maximum Gasteiger partial charge on any atom is -0.00148 e. The van der Waals surface area contributed by atoms with E-state index in [2.05, 4.69) is 43.4 Å². The summed E-state index contributed by atoms with van der Waals surface area (Å²) >= 11 is 0. The molecule has 0 amide bonds. The van der Waals surface area contributed by atoms with Crippen molar-refractivity contribution in [2.24, 2.45) is 5.92 Å². The third-order valence-electron chi connectivity index (χ3n) is 4.04. The summed E-state index contributed by atoms with van der Waals surface area (Å²) in [6, 6.07) is 9.12. The second-order valence-electron chi connectivity index (χ2n) is 5.37. The van der Waals surface area contributed by atoms with Gasteiger partial charge in [0.25, 0.3) is 0 Å². The van der Waals surface area contributed by atoms with Gasteiger partial charge in [-0.05, 0) is 50.3 Å². The molecule has 1 aromatic rings. The lowest BCUT2D eigenvalue weighted by Gasteiger charge is -2.32. The smallest absolute Gasteiger partial charge is 0.00148 e. The van der Waals surface area contributed by atoms with Gasteiger partial charge in [0, 0.05) is 0 Å². The van der Waals surface area contributed by atoms with Gasteiger partial charge in [-0.1, -0.05) is 49.6 Å². The van der Waals surface area contributed by atoms with E-state index in [-0.39, 0.29) is 0 Å². The fourth-order valence-electron chi connectivity index (χ4n) is 3.12. The Kier molecular flexibility index (Phi) is 4.61. The predicted octanol–water partition coefficient (Wildman–Crippen LogP) is 3.88. The molecule has 0 radical (unpaired) electrons. The molecule has 1 aliphatic rings. The molecule has 1 N–H and O–H groups in total. The van der Waals surface area contributed by atoms with E-state index in [9.17, 15) is 0 Å². The van der Waals surface area contributed by atoms with E-state index in [1.165, 1.54) is 37.8 Å². The molecule has 0 aliphatic heterocycles. The molecular weight excluding hydrogens is 206 g/mol. The molecule has 2 unspecified atom stereocenters. The number of rotatable bonds is 4. The highest BCUT2D eigenvalue weighted by atomic mass is 14.8. The van der Waals surface area contributed by atoms with Gasteiger partial charge in [0.05, 0.1) is 0 Å². The highest BCUT2D eigenvalue weighted by Gasteiger charge is 2.25. The molecule has 0 bridgehead atoms. The fourth-order valence-corrected chi connectivity index (χ4v) is 3.12. The molecule has 0 aromatic heterocycles. The van der Waals surface area contributed by atoms with Gasteiger partial charge in [-0.15, -0.1) is 0 Å². The van der Waals surface area contributed by atoms with Crippen molar-refractivity contribution in [3.05, 3.63) is 35.4 Å². The lowest BCUT2D eigenvalue weighted by Crippen LogP contribution is -2.29. The van der Waals surface area contributed by atoms with Crippen LogP contribution in [0.2, 0.25) is 0 Å². The molecule has 17 heavy (non-hydrogen) atoms. The van der Waals surface area contributed by atoms with Crippen molar-refractivity contribution >= 4 is 0 Å². The molecule has 1 saturated carbocycles. The van der Waals surface area contributed by atoms with E-state index in [1.807, 2.05) is 0 Å². The topological polar surface area (TPSA) is 12.0 Å². The molecule has 1 aromatic carbocycles. The van der Waals surface area contributed by atoms with Crippen LogP contribution in [0.15, 0.2) is 24.3 Å².